The van der Waals surface area contributed by atoms with Crippen molar-refractivity contribution in [2.45, 2.75) is 122 Å². The van der Waals surface area contributed by atoms with E-state index in [0.717, 1.165) is 38.5 Å². The first-order chi connectivity index (χ1) is 14.3. The monoisotopic (exact) mass is 447 g/mol. The molecule has 0 heterocycles. The molecule has 0 aromatic rings. The number of amides is 1. The second kappa shape index (κ2) is 18.8. The van der Waals surface area contributed by atoms with Crippen molar-refractivity contribution in [2.75, 3.05) is 5.75 Å². The van der Waals surface area contributed by atoms with E-state index in [1.807, 2.05) is 6.08 Å². The summed E-state index contributed by atoms with van der Waals surface area (Å²) in [5.74, 6) is -0.986. The Morgan fingerprint density at radius 2 is 1.37 bits per heavy atom. The fourth-order valence-electron chi connectivity index (χ4n) is 3.39. The van der Waals surface area contributed by atoms with Crippen LogP contribution >= 0.6 is 0 Å². The molecule has 0 aromatic carbocycles. The van der Waals surface area contributed by atoms with Gasteiger partial charge in [-0.2, -0.15) is 8.42 Å². The molecule has 0 rings (SSSR count). The van der Waals surface area contributed by atoms with Crippen LogP contribution in [0.4, 0.5) is 0 Å². The maximum absolute atomic E-state index is 12.2. The van der Waals surface area contributed by atoms with E-state index in [1.54, 1.807) is 0 Å². The van der Waals surface area contributed by atoms with Crippen molar-refractivity contribution in [3.8, 4) is 0 Å². The Bertz CT molecular complexity index is 548. The maximum Gasteiger partial charge on any atom is 0.267 e. The van der Waals surface area contributed by atoms with Crippen molar-refractivity contribution in [3.63, 3.8) is 0 Å². The Hall–Kier alpha value is -0.920. The van der Waals surface area contributed by atoms with Gasteiger partial charge in [0.05, 0.1) is 17.9 Å². The van der Waals surface area contributed by atoms with Crippen molar-refractivity contribution in [2.24, 2.45) is 0 Å². The van der Waals surface area contributed by atoms with Gasteiger partial charge in [-0.1, -0.05) is 96.6 Å². The second-order valence-electron chi connectivity index (χ2n) is 8.27. The van der Waals surface area contributed by atoms with Crippen LogP contribution in [0.5, 0.6) is 0 Å². The maximum atomic E-state index is 12.2. The Labute approximate surface area is 184 Å². The summed E-state index contributed by atoms with van der Waals surface area (Å²) in [6, 6.07) is -1.04. The van der Waals surface area contributed by atoms with Crippen molar-refractivity contribution in [3.05, 3.63) is 12.2 Å². The van der Waals surface area contributed by atoms with E-state index in [2.05, 4.69) is 19.2 Å². The molecule has 0 aliphatic carbocycles. The molecule has 7 heteroatoms. The summed E-state index contributed by atoms with van der Waals surface area (Å²) in [6.45, 7) is 4.35. The number of rotatable bonds is 20. The Balaban J connectivity index is 4.28. The van der Waals surface area contributed by atoms with Gasteiger partial charge >= 0.3 is 0 Å². The van der Waals surface area contributed by atoms with Crippen molar-refractivity contribution >= 4 is 16.0 Å². The molecule has 0 radical (unpaired) electrons. The summed E-state index contributed by atoms with van der Waals surface area (Å²) in [4.78, 5) is 12.2. The molecular formula is C23H45NO5S. The first-order valence-corrected chi connectivity index (χ1v) is 13.5. The summed E-state index contributed by atoms with van der Waals surface area (Å²) >= 11 is 0. The summed E-state index contributed by atoms with van der Waals surface area (Å²) in [5, 5.41) is 12.9. The molecule has 2 unspecified atom stereocenters. The van der Waals surface area contributed by atoms with Gasteiger partial charge in [0.15, 0.2) is 0 Å². The number of hydrogen-bond donors (Lipinski definition) is 3. The van der Waals surface area contributed by atoms with Crippen LogP contribution in [0.3, 0.4) is 0 Å². The van der Waals surface area contributed by atoms with Gasteiger partial charge in [0.2, 0.25) is 5.91 Å². The molecule has 30 heavy (non-hydrogen) atoms. The van der Waals surface area contributed by atoms with Crippen LogP contribution in [0.25, 0.3) is 0 Å². The van der Waals surface area contributed by atoms with Crippen LogP contribution < -0.4 is 5.32 Å². The van der Waals surface area contributed by atoms with E-state index >= 15 is 0 Å². The molecule has 0 aliphatic heterocycles. The topological polar surface area (TPSA) is 104 Å². The molecule has 1 amide bonds. The van der Waals surface area contributed by atoms with E-state index in [4.69, 9.17) is 4.55 Å². The highest BCUT2D eigenvalue weighted by molar-refractivity contribution is 7.85. The number of hydrogen-bond acceptors (Lipinski definition) is 4. The zero-order valence-corrected chi connectivity index (χ0v) is 20.0. The molecule has 178 valence electrons. The third-order valence-electron chi connectivity index (χ3n) is 5.21. The van der Waals surface area contributed by atoms with Gasteiger partial charge in [0, 0.05) is 6.42 Å². The molecule has 0 fully saturated rings. The van der Waals surface area contributed by atoms with Crippen molar-refractivity contribution in [1.82, 2.24) is 5.32 Å². The Morgan fingerprint density at radius 3 is 1.90 bits per heavy atom. The number of unbranched alkanes of at least 4 members (excludes halogenated alkanes) is 12. The lowest BCUT2D eigenvalue weighted by atomic mass is 10.1. The van der Waals surface area contributed by atoms with Gasteiger partial charge in [-0.25, -0.2) is 0 Å². The SMILES string of the molecule is CCCCCCC/C=C/C(O)C(CS(=O)(=O)O)NC(=O)CCCCCCCCCC. The van der Waals surface area contributed by atoms with Gasteiger partial charge in [-0.15, -0.1) is 0 Å². The highest BCUT2D eigenvalue weighted by atomic mass is 32.2. The third kappa shape index (κ3) is 19.1. The largest absolute Gasteiger partial charge is 0.387 e. The van der Waals surface area contributed by atoms with E-state index in [-0.39, 0.29) is 5.91 Å². The first-order valence-electron chi connectivity index (χ1n) is 11.9. The minimum absolute atomic E-state index is 0.290. The molecule has 0 aliphatic rings. The average Bonchev–Trinajstić information content (AvgIpc) is 2.67. The molecular weight excluding hydrogens is 402 g/mol. The lowest BCUT2D eigenvalue weighted by molar-refractivity contribution is -0.122. The fraction of sp³-hybridized carbons (Fsp3) is 0.870. The predicted octanol–water partition coefficient (Wildman–Crippen LogP) is 5.17. The van der Waals surface area contributed by atoms with Crippen molar-refractivity contribution < 1.29 is 22.9 Å². The highest BCUT2D eigenvalue weighted by Crippen LogP contribution is 2.10. The fourth-order valence-corrected chi connectivity index (χ4v) is 4.12. The molecule has 0 bridgehead atoms. The number of carbonyl (C=O) groups excluding carboxylic acids is 1. The summed E-state index contributed by atoms with van der Waals surface area (Å²) in [6.07, 6.45) is 18.0. The predicted molar refractivity (Wildman–Crippen MR) is 124 cm³/mol. The Kier molecular flexibility index (Phi) is 18.2. The summed E-state index contributed by atoms with van der Waals surface area (Å²) < 4.78 is 31.7. The van der Waals surface area contributed by atoms with E-state index < -0.39 is 28.0 Å². The smallest absolute Gasteiger partial charge is 0.267 e. The van der Waals surface area contributed by atoms with Crippen LogP contribution in [0, 0.1) is 0 Å². The number of carbonyl (C=O) groups is 1. The molecule has 2 atom stereocenters. The third-order valence-corrected chi connectivity index (χ3v) is 5.99. The highest BCUT2D eigenvalue weighted by Gasteiger charge is 2.24. The van der Waals surface area contributed by atoms with Crippen LogP contribution in [0.2, 0.25) is 0 Å². The van der Waals surface area contributed by atoms with E-state index in [9.17, 15) is 18.3 Å². The molecule has 3 N–H and O–H groups in total. The number of aliphatic hydroxyl groups is 1. The van der Waals surface area contributed by atoms with E-state index in [0.29, 0.717) is 6.42 Å². The number of nitrogens with one attached hydrogen (secondary N) is 1. The minimum Gasteiger partial charge on any atom is -0.387 e. The Morgan fingerprint density at radius 1 is 0.867 bits per heavy atom. The first kappa shape index (κ1) is 29.1. The lowest BCUT2D eigenvalue weighted by Crippen LogP contribution is -2.46. The van der Waals surface area contributed by atoms with Gasteiger partial charge in [0.1, 0.15) is 0 Å². The van der Waals surface area contributed by atoms with Gasteiger partial charge < -0.3 is 10.4 Å². The summed E-state index contributed by atoms with van der Waals surface area (Å²) in [7, 11) is -4.31. The molecule has 6 nitrogen and oxygen atoms in total. The number of aliphatic hydroxyl groups excluding tert-OH is 1. The van der Waals surface area contributed by atoms with Crippen molar-refractivity contribution in [1.29, 1.82) is 0 Å². The second-order valence-corrected chi connectivity index (χ2v) is 9.77. The number of allylic oxidation sites excluding steroid dienone is 1. The standard InChI is InChI=1S/C23H45NO5S/c1-3-5-7-9-11-13-15-17-19-23(26)24-21(20-30(27,28)29)22(25)18-16-14-12-10-8-6-4-2/h16,18,21-22,25H,3-15,17,19-20H2,1-2H3,(H,24,26)(H,27,28,29)/b18-16+. The summed E-state index contributed by atoms with van der Waals surface area (Å²) in [5.41, 5.74) is 0. The average molecular weight is 448 g/mol. The molecule has 0 aromatic heterocycles. The normalized spacial score (nSPS) is 14.1. The van der Waals surface area contributed by atoms with E-state index in [1.165, 1.54) is 57.4 Å². The molecule has 0 spiro atoms. The zero-order valence-electron chi connectivity index (χ0n) is 19.2. The zero-order chi connectivity index (χ0) is 22.7. The molecule has 0 saturated heterocycles. The van der Waals surface area contributed by atoms with Crippen LogP contribution in [-0.4, -0.2) is 41.9 Å². The molecule has 0 saturated carbocycles. The lowest BCUT2D eigenvalue weighted by Gasteiger charge is -2.21. The van der Waals surface area contributed by atoms with Gasteiger partial charge in [-0.05, 0) is 19.3 Å². The van der Waals surface area contributed by atoms with Gasteiger partial charge in [-0.3, -0.25) is 9.35 Å². The minimum atomic E-state index is -4.31. The van der Waals surface area contributed by atoms with Crippen LogP contribution in [0.1, 0.15) is 110 Å². The van der Waals surface area contributed by atoms with Crippen LogP contribution in [-0.2, 0) is 14.9 Å². The quantitative estimate of drug-likeness (QED) is 0.136. The van der Waals surface area contributed by atoms with Gasteiger partial charge in [0.25, 0.3) is 10.1 Å². The van der Waals surface area contributed by atoms with Crippen LogP contribution in [0.15, 0.2) is 12.2 Å².